The van der Waals surface area contributed by atoms with Gasteiger partial charge in [0, 0.05) is 18.7 Å². The molecule has 1 aliphatic heterocycles. The molecule has 1 amide bonds. The first kappa shape index (κ1) is 17.3. The Morgan fingerprint density at radius 2 is 2.28 bits per heavy atom. The summed E-state index contributed by atoms with van der Waals surface area (Å²) in [6.07, 6.45) is 2.40. The van der Waals surface area contributed by atoms with Gasteiger partial charge in [-0.25, -0.2) is 4.98 Å². The minimum Gasteiger partial charge on any atom is -0.480 e. The third kappa shape index (κ3) is 3.96. The van der Waals surface area contributed by atoms with Gasteiger partial charge < -0.3 is 19.9 Å². The topological polar surface area (TPSA) is 102 Å². The molecule has 0 aromatic carbocycles. The third-order valence-electron chi connectivity index (χ3n) is 4.21. The van der Waals surface area contributed by atoms with Gasteiger partial charge in [0.05, 0.1) is 18.7 Å². The molecule has 2 aromatic rings. The largest absolute Gasteiger partial charge is 0.480 e. The zero-order valence-corrected chi connectivity index (χ0v) is 14.8. The van der Waals surface area contributed by atoms with Crippen LogP contribution in [0.4, 0.5) is 0 Å². The smallest absolute Gasteiger partial charge is 0.237 e. The van der Waals surface area contributed by atoms with Crippen molar-refractivity contribution in [3.05, 3.63) is 23.2 Å². The number of carbonyl (C=O) groups excluding carboxylic acids is 1. The van der Waals surface area contributed by atoms with E-state index in [1.54, 1.807) is 7.11 Å². The van der Waals surface area contributed by atoms with E-state index in [-0.39, 0.29) is 11.9 Å². The Labute approximate surface area is 146 Å². The van der Waals surface area contributed by atoms with E-state index in [1.807, 2.05) is 19.9 Å². The number of methoxy groups -OCH3 is 1. The number of hydrogen-bond donors (Lipinski definition) is 2. The van der Waals surface area contributed by atoms with E-state index >= 15 is 0 Å². The van der Waals surface area contributed by atoms with E-state index in [4.69, 9.17) is 9.26 Å². The monoisotopic (exact) mass is 345 g/mol. The first-order valence-corrected chi connectivity index (χ1v) is 8.44. The van der Waals surface area contributed by atoms with Crippen molar-refractivity contribution in [2.75, 3.05) is 20.2 Å². The van der Waals surface area contributed by atoms with E-state index in [1.165, 1.54) is 0 Å². The molecule has 25 heavy (non-hydrogen) atoms. The highest BCUT2D eigenvalue weighted by molar-refractivity contribution is 5.81. The van der Waals surface area contributed by atoms with Gasteiger partial charge in [0.1, 0.15) is 0 Å². The molecule has 0 spiro atoms. The minimum absolute atomic E-state index is 0.0255. The minimum atomic E-state index is -0.0798. The van der Waals surface area contributed by atoms with Crippen LogP contribution in [0.2, 0.25) is 0 Å². The van der Waals surface area contributed by atoms with Crippen LogP contribution >= 0.6 is 0 Å². The lowest BCUT2D eigenvalue weighted by molar-refractivity contribution is -0.122. The van der Waals surface area contributed by atoms with Crippen LogP contribution in [0.3, 0.4) is 0 Å². The summed E-state index contributed by atoms with van der Waals surface area (Å²) < 4.78 is 10.6. The van der Waals surface area contributed by atoms with Crippen LogP contribution in [0.15, 0.2) is 10.6 Å². The van der Waals surface area contributed by atoms with Gasteiger partial charge in [0.2, 0.25) is 23.5 Å². The van der Waals surface area contributed by atoms with Crippen LogP contribution in [0.1, 0.15) is 30.0 Å². The molecule has 3 rings (SSSR count). The van der Waals surface area contributed by atoms with Gasteiger partial charge in [-0.05, 0) is 44.9 Å². The Bertz CT molecular complexity index is 753. The Morgan fingerprint density at radius 1 is 1.44 bits per heavy atom. The van der Waals surface area contributed by atoms with Crippen LogP contribution in [-0.4, -0.2) is 47.3 Å². The lowest BCUT2D eigenvalue weighted by Crippen LogP contribution is -2.41. The van der Waals surface area contributed by atoms with E-state index < -0.39 is 0 Å². The Balaban J connectivity index is 1.64. The number of nitrogens with one attached hydrogen (secondary N) is 2. The van der Waals surface area contributed by atoms with Crippen molar-refractivity contribution in [1.29, 1.82) is 0 Å². The number of ether oxygens (including phenoxy) is 1. The highest BCUT2D eigenvalue weighted by Gasteiger charge is 2.22. The number of pyridine rings is 1. The number of nitrogens with zero attached hydrogens (tertiary/aromatic N) is 3. The lowest BCUT2D eigenvalue weighted by Gasteiger charge is -2.09. The molecule has 1 aliphatic rings. The van der Waals surface area contributed by atoms with Crippen molar-refractivity contribution in [3.63, 3.8) is 0 Å². The number of carbonyl (C=O) groups is 1. The highest BCUT2D eigenvalue weighted by Crippen LogP contribution is 2.29. The number of aryl methyl sites for hydroxylation is 2. The summed E-state index contributed by atoms with van der Waals surface area (Å²) in [6.45, 7) is 5.22. The molecule has 1 atom stereocenters. The second-order valence-electron chi connectivity index (χ2n) is 6.17. The molecule has 1 saturated heterocycles. The zero-order valence-electron chi connectivity index (χ0n) is 14.8. The SMILES string of the molecule is COc1nc(C)cc(C)c1-c1noc(CCNC(=O)C2CCCN2)n1. The van der Waals surface area contributed by atoms with Crippen molar-refractivity contribution in [1.82, 2.24) is 25.8 Å². The maximum Gasteiger partial charge on any atom is 0.237 e. The number of amides is 1. The maximum atomic E-state index is 12.0. The summed E-state index contributed by atoms with van der Waals surface area (Å²) >= 11 is 0. The first-order chi connectivity index (χ1) is 12.1. The molecular weight excluding hydrogens is 322 g/mol. The average Bonchev–Trinajstić information content (AvgIpc) is 3.25. The van der Waals surface area contributed by atoms with Gasteiger partial charge >= 0.3 is 0 Å². The Morgan fingerprint density at radius 3 is 3.00 bits per heavy atom. The van der Waals surface area contributed by atoms with Gasteiger partial charge in [0.25, 0.3) is 0 Å². The molecule has 3 heterocycles. The molecular formula is C17H23N5O3. The highest BCUT2D eigenvalue weighted by atomic mass is 16.5. The van der Waals surface area contributed by atoms with Gasteiger partial charge in [-0.1, -0.05) is 5.16 Å². The van der Waals surface area contributed by atoms with Crippen LogP contribution in [0.25, 0.3) is 11.4 Å². The quantitative estimate of drug-likeness (QED) is 0.810. The maximum absolute atomic E-state index is 12.0. The molecule has 0 radical (unpaired) electrons. The second-order valence-corrected chi connectivity index (χ2v) is 6.17. The van der Waals surface area contributed by atoms with E-state index in [0.29, 0.717) is 30.6 Å². The van der Waals surface area contributed by atoms with Crippen LogP contribution in [0.5, 0.6) is 5.88 Å². The fraction of sp³-hybridized carbons (Fsp3) is 0.529. The summed E-state index contributed by atoms with van der Waals surface area (Å²) in [7, 11) is 1.57. The van der Waals surface area contributed by atoms with Crippen molar-refractivity contribution < 1.29 is 14.1 Å². The van der Waals surface area contributed by atoms with Crippen molar-refractivity contribution in [3.8, 4) is 17.3 Å². The zero-order chi connectivity index (χ0) is 17.8. The van der Waals surface area contributed by atoms with Crippen LogP contribution in [0, 0.1) is 13.8 Å². The van der Waals surface area contributed by atoms with Gasteiger partial charge in [0.15, 0.2) is 0 Å². The number of aromatic nitrogens is 3. The van der Waals surface area contributed by atoms with E-state index in [9.17, 15) is 4.79 Å². The lowest BCUT2D eigenvalue weighted by atomic mass is 10.1. The summed E-state index contributed by atoms with van der Waals surface area (Å²) in [5, 5.41) is 10.1. The molecule has 1 unspecified atom stereocenters. The van der Waals surface area contributed by atoms with E-state index in [0.717, 1.165) is 36.2 Å². The third-order valence-corrected chi connectivity index (χ3v) is 4.21. The molecule has 8 nitrogen and oxygen atoms in total. The fourth-order valence-electron chi connectivity index (χ4n) is 3.00. The molecule has 2 N–H and O–H groups in total. The normalized spacial score (nSPS) is 16.8. The molecule has 0 saturated carbocycles. The van der Waals surface area contributed by atoms with Crippen LogP contribution in [-0.2, 0) is 11.2 Å². The standard InChI is InChI=1S/C17H23N5O3/c1-10-9-11(2)20-17(24-3)14(10)15-21-13(25-22-15)6-8-19-16(23)12-5-4-7-18-12/h9,12,18H,4-8H2,1-3H3,(H,19,23). The fourth-order valence-corrected chi connectivity index (χ4v) is 3.00. The van der Waals surface area contributed by atoms with Gasteiger partial charge in [-0.2, -0.15) is 4.98 Å². The van der Waals surface area contributed by atoms with Crippen molar-refractivity contribution in [2.24, 2.45) is 0 Å². The molecule has 134 valence electrons. The summed E-state index contributed by atoms with van der Waals surface area (Å²) in [5.41, 5.74) is 2.56. The summed E-state index contributed by atoms with van der Waals surface area (Å²) in [4.78, 5) is 20.7. The predicted molar refractivity (Wildman–Crippen MR) is 91.3 cm³/mol. The molecule has 2 aromatic heterocycles. The van der Waals surface area contributed by atoms with Gasteiger partial charge in [-0.15, -0.1) is 0 Å². The molecule has 0 aliphatic carbocycles. The van der Waals surface area contributed by atoms with Crippen molar-refractivity contribution in [2.45, 2.75) is 39.2 Å². The number of rotatable bonds is 6. The summed E-state index contributed by atoms with van der Waals surface area (Å²) in [6, 6.07) is 1.87. The van der Waals surface area contributed by atoms with Crippen LogP contribution < -0.4 is 15.4 Å². The Kier molecular flexibility index (Phi) is 5.28. The van der Waals surface area contributed by atoms with Crippen molar-refractivity contribution >= 4 is 5.91 Å². The van der Waals surface area contributed by atoms with Gasteiger partial charge in [-0.3, -0.25) is 4.79 Å². The number of hydrogen-bond acceptors (Lipinski definition) is 7. The second kappa shape index (κ2) is 7.60. The molecule has 1 fully saturated rings. The molecule has 0 bridgehead atoms. The average molecular weight is 345 g/mol. The summed E-state index contributed by atoms with van der Waals surface area (Å²) in [5.74, 6) is 1.42. The Hall–Kier alpha value is -2.48. The molecule has 8 heteroatoms. The predicted octanol–water partition coefficient (Wildman–Crippen LogP) is 1.17. The first-order valence-electron chi connectivity index (χ1n) is 8.44. The van der Waals surface area contributed by atoms with E-state index in [2.05, 4.69) is 25.8 Å².